The average molecular weight is 461 g/mol. The van der Waals surface area contributed by atoms with Crippen LogP contribution in [0.3, 0.4) is 0 Å². The molecule has 0 bridgehead atoms. The molecule has 3 aliphatic rings. The van der Waals surface area contributed by atoms with Crippen molar-refractivity contribution in [1.29, 1.82) is 0 Å². The fourth-order valence-electron chi connectivity index (χ4n) is 4.63. The first-order valence-electron chi connectivity index (χ1n) is 11.5. The minimum Gasteiger partial charge on any atom is -0.493 e. The van der Waals surface area contributed by atoms with E-state index in [9.17, 15) is 4.91 Å². The van der Waals surface area contributed by atoms with Gasteiger partial charge in [-0.1, -0.05) is 11.2 Å². The zero-order valence-corrected chi connectivity index (χ0v) is 20.3. The molecule has 8 nitrogen and oxygen atoms in total. The molecule has 32 heavy (non-hydrogen) atoms. The van der Waals surface area contributed by atoms with Crippen molar-refractivity contribution in [3.63, 3.8) is 0 Å². The third-order valence-corrected chi connectivity index (χ3v) is 7.47. The maximum Gasteiger partial charge on any atom is 0.128 e. The van der Waals surface area contributed by atoms with Gasteiger partial charge in [-0.05, 0) is 45.4 Å². The van der Waals surface area contributed by atoms with Crippen molar-refractivity contribution in [3.8, 4) is 5.75 Å². The molecule has 3 aliphatic heterocycles. The van der Waals surface area contributed by atoms with Gasteiger partial charge in [-0.2, -0.15) is 4.91 Å². The number of nitrogens with zero attached hydrogens (tertiary/aromatic N) is 2. The number of nitroso groups, excluding NO2 is 1. The summed E-state index contributed by atoms with van der Waals surface area (Å²) in [5.74, 6) is 1.41. The number of ether oxygens (including phenoxy) is 1. The second kappa shape index (κ2) is 9.69. The summed E-state index contributed by atoms with van der Waals surface area (Å²) in [4.78, 5) is 14.7. The van der Waals surface area contributed by atoms with Crippen molar-refractivity contribution >= 4 is 17.5 Å². The molecule has 0 radical (unpaired) electrons. The smallest absolute Gasteiger partial charge is 0.128 e. The number of thioether (sulfide) groups is 1. The second-order valence-corrected chi connectivity index (χ2v) is 11.1. The van der Waals surface area contributed by atoms with Crippen LogP contribution in [0.15, 0.2) is 28.3 Å². The number of hydrogen-bond donors (Lipinski definition) is 4. The second-order valence-electron chi connectivity index (χ2n) is 9.84. The van der Waals surface area contributed by atoms with E-state index in [4.69, 9.17) is 10.5 Å². The average Bonchev–Trinajstić information content (AvgIpc) is 3.07. The molecule has 176 valence electrons. The van der Waals surface area contributed by atoms with Gasteiger partial charge in [0.25, 0.3) is 0 Å². The first kappa shape index (κ1) is 23.5. The summed E-state index contributed by atoms with van der Waals surface area (Å²) in [6.45, 7) is 11.8. The molecule has 0 spiro atoms. The Balaban J connectivity index is 1.49. The highest BCUT2D eigenvalue weighted by Gasteiger charge is 2.36. The summed E-state index contributed by atoms with van der Waals surface area (Å²) < 4.78 is 6.08. The van der Waals surface area contributed by atoms with Gasteiger partial charge in [-0.25, -0.2) is 0 Å². The first-order chi connectivity index (χ1) is 15.3. The van der Waals surface area contributed by atoms with E-state index in [2.05, 4.69) is 58.1 Å². The van der Waals surface area contributed by atoms with Crippen molar-refractivity contribution in [2.75, 3.05) is 32.9 Å². The summed E-state index contributed by atoms with van der Waals surface area (Å²) in [5, 5.41) is 14.1. The van der Waals surface area contributed by atoms with Gasteiger partial charge in [0.15, 0.2) is 0 Å². The lowest BCUT2D eigenvalue weighted by Gasteiger charge is -2.42. The molecule has 1 fully saturated rings. The van der Waals surface area contributed by atoms with Crippen LogP contribution in [0.5, 0.6) is 5.75 Å². The van der Waals surface area contributed by atoms with Crippen LogP contribution in [-0.2, 0) is 0 Å². The Morgan fingerprint density at radius 2 is 2.16 bits per heavy atom. The van der Waals surface area contributed by atoms with E-state index < -0.39 is 5.54 Å². The lowest BCUT2D eigenvalue weighted by atomic mass is 9.88. The summed E-state index contributed by atoms with van der Waals surface area (Å²) in [7, 11) is 0. The largest absolute Gasteiger partial charge is 0.493 e. The molecular weight excluding hydrogens is 424 g/mol. The molecule has 0 saturated carbocycles. The molecule has 9 heteroatoms. The molecule has 0 aliphatic carbocycles. The van der Waals surface area contributed by atoms with E-state index >= 15 is 0 Å². The highest BCUT2D eigenvalue weighted by molar-refractivity contribution is 8.04. The zero-order valence-electron chi connectivity index (χ0n) is 19.5. The Bertz CT molecular complexity index is 868. The SMILES string of the molecule is CC(C)NC(NCN)C1NC2=C(CCOc3ccc(C4CN(CC(C)(C)N=O)C4)cc32)S1. The fraction of sp³-hybridized carbons (Fsp3) is 0.652. The van der Waals surface area contributed by atoms with Crippen LogP contribution in [0.1, 0.15) is 51.2 Å². The van der Waals surface area contributed by atoms with Crippen LogP contribution in [0, 0.1) is 4.91 Å². The van der Waals surface area contributed by atoms with Crippen LogP contribution in [-0.4, -0.2) is 60.9 Å². The molecule has 0 aromatic heterocycles. The fourth-order valence-corrected chi connectivity index (χ4v) is 5.91. The maximum atomic E-state index is 11.0. The zero-order chi connectivity index (χ0) is 22.9. The normalized spacial score (nSPS) is 22.5. The van der Waals surface area contributed by atoms with E-state index in [1.165, 1.54) is 16.2 Å². The number of likely N-dealkylation sites (tertiary alicyclic amines) is 1. The molecule has 2 atom stereocenters. The number of benzene rings is 1. The lowest BCUT2D eigenvalue weighted by molar-refractivity contribution is 0.122. The molecule has 1 aromatic carbocycles. The van der Waals surface area contributed by atoms with Gasteiger partial charge in [0, 0.05) is 55.2 Å². The molecule has 4 rings (SSSR count). The van der Waals surface area contributed by atoms with E-state index in [-0.39, 0.29) is 11.5 Å². The summed E-state index contributed by atoms with van der Waals surface area (Å²) in [6.07, 6.45) is 0.967. The topological polar surface area (TPSA) is 104 Å². The Hall–Kier alpha value is -1.65. The highest BCUT2D eigenvalue weighted by Crippen LogP contribution is 2.44. The summed E-state index contributed by atoms with van der Waals surface area (Å²) >= 11 is 1.86. The third kappa shape index (κ3) is 5.12. The van der Waals surface area contributed by atoms with E-state index in [1.807, 2.05) is 25.6 Å². The number of hydrogen-bond acceptors (Lipinski definition) is 9. The van der Waals surface area contributed by atoms with Crippen molar-refractivity contribution in [2.45, 2.75) is 63.2 Å². The van der Waals surface area contributed by atoms with Crippen LogP contribution in [0.2, 0.25) is 0 Å². The summed E-state index contributed by atoms with van der Waals surface area (Å²) in [6, 6.07) is 6.94. The number of fused-ring (bicyclic) bond motifs is 2. The molecule has 5 N–H and O–H groups in total. The van der Waals surface area contributed by atoms with Gasteiger partial charge in [-0.15, -0.1) is 11.8 Å². The quantitative estimate of drug-likeness (QED) is 0.329. The van der Waals surface area contributed by atoms with Gasteiger partial charge < -0.3 is 15.8 Å². The molecule has 0 amide bonds. The lowest BCUT2D eigenvalue weighted by Crippen LogP contribution is -2.56. The molecular formula is C23H36N6O2S. The minimum absolute atomic E-state index is 0.0689. The number of nitrogens with two attached hydrogens (primary N) is 1. The Labute approximate surface area is 195 Å². The molecule has 1 aromatic rings. The van der Waals surface area contributed by atoms with E-state index in [1.54, 1.807) is 0 Å². The van der Waals surface area contributed by atoms with Crippen LogP contribution in [0.4, 0.5) is 0 Å². The van der Waals surface area contributed by atoms with Crippen molar-refractivity contribution in [2.24, 2.45) is 10.9 Å². The first-order valence-corrected chi connectivity index (χ1v) is 12.4. The highest BCUT2D eigenvalue weighted by atomic mass is 32.2. The van der Waals surface area contributed by atoms with Crippen molar-refractivity contribution < 1.29 is 4.74 Å². The van der Waals surface area contributed by atoms with Gasteiger partial charge in [-0.3, -0.25) is 15.5 Å². The van der Waals surface area contributed by atoms with Gasteiger partial charge in [0.05, 0.1) is 18.5 Å². The van der Waals surface area contributed by atoms with Gasteiger partial charge >= 0.3 is 0 Å². The maximum absolute atomic E-state index is 11.0. The van der Waals surface area contributed by atoms with Crippen molar-refractivity contribution in [1.82, 2.24) is 20.9 Å². The Morgan fingerprint density at radius 3 is 2.84 bits per heavy atom. The number of nitrogens with one attached hydrogen (secondary N) is 3. The molecule has 3 heterocycles. The standard InChI is InChI=1S/C23H36N6O2S/c1-14(2)26-21(25-13-24)22-27-20-17-9-15(5-6-18(17)31-8-7-19(20)32-22)16-10-29(11-16)12-23(3,4)28-30/h5-6,9,14,16,21-22,25-27H,7-8,10-13,24H2,1-4H3. The Kier molecular flexibility index (Phi) is 7.11. The van der Waals surface area contributed by atoms with Crippen LogP contribution in [0.25, 0.3) is 5.70 Å². The van der Waals surface area contributed by atoms with Crippen LogP contribution >= 0.6 is 11.8 Å². The Morgan fingerprint density at radius 1 is 1.38 bits per heavy atom. The van der Waals surface area contributed by atoms with Gasteiger partial charge in [0.2, 0.25) is 0 Å². The van der Waals surface area contributed by atoms with E-state index in [0.717, 1.165) is 30.8 Å². The molecule has 1 saturated heterocycles. The van der Waals surface area contributed by atoms with Crippen LogP contribution < -0.4 is 26.4 Å². The third-order valence-electron chi connectivity index (χ3n) is 6.13. The number of rotatable bonds is 9. The van der Waals surface area contributed by atoms with E-state index in [0.29, 0.717) is 31.8 Å². The van der Waals surface area contributed by atoms with Crippen molar-refractivity contribution in [3.05, 3.63) is 39.1 Å². The molecule has 2 unspecified atom stereocenters. The minimum atomic E-state index is -0.537. The predicted molar refractivity (Wildman–Crippen MR) is 131 cm³/mol. The summed E-state index contributed by atoms with van der Waals surface area (Å²) in [5.41, 5.74) is 8.92. The van der Waals surface area contributed by atoms with Gasteiger partial charge in [0.1, 0.15) is 16.7 Å². The predicted octanol–water partition coefficient (Wildman–Crippen LogP) is 2.57. The monoisotopic (exact) mass is 460 g/mol.